The summed E-state index contributed by atoms with van der Waals surface area (Å²) < 4.78 is 30.7. The molecule has 2 nitrogen and oxygen atoms in total. The molecule has 0 aliphatic carbocycles. The van der Waals surface area contributed by atoms with Gasteiger partial charge in [0.05, 0.1) is 7.11 Å². The zero-order valence-corrected chi connectivity index (χ0v) is 7.93. The molecule has 4 heteroatoms. The summed E-state index contributed by atoms with van der Waals surface area (Å²) in [5.41, 5.74) is 0.0308. The van der Waals surface area contributed by atoms with Gasteiger partial charge in [-0.05, 0) is 12.1 Å². The van der Waals surface area contributed by atoms with Gasteiger partial charge in [0.1, 0.15) is 0 Å². The van der Waals surface area contributed by atoms with Crippen molar-refractivity contribution in [2.75, 3.05) is 7.11 Å². The molecule has 1 rings (SSSR count). The monoisotopic (exact) mass is 200 g/mol. The molecule has 0 heterocycles. The summed E-state index contributed by atoms with van der Waals surface area (Å²) in [4.78, 5) is 11.1. The molecule has 0 atom stereocenters. The number of benzene rings is 1. The van der Waals surface area contributed by atoms with E-state index in [1.54, 1.807) is 6.92 Å². The van der Waals surface area contributed by atoms with Crippen LogP contribution in [0.1, 0.15) is 23.7 Å². The zero-order valence-electron chi connectivity index (χ0n) is 7.93. The molecule has 1 aromatic carbocycles. The molecule has 0 N–H and O–H groups in total. The van der Waals surface area contributed by atoms with Crippen molar-refractivity contribution in [3.05, 3.63) is 29.3 Å². The Morgan fingerprint density at radius 3 is 2.21 bits per heavy atom. The quantitative estimate of drug-likeness (QED) is 0.701. The minimum Gasteiger partial charge on any atom is -0.491 e. The smallest absolute Gasteiger partial charge is 0.190 e. The average molecular weight is 200 g/mol. The predicted octanol–water partition coefficient (Wildman–Crippen LogP) is 2.57. The molecule has 0 aliphatic heterocycles. The first-order valence-electron chi connectivity index (χ1n) is 4.16. The number of rotatable bonds is 3. The van der Waals surface area contributed by atoms with Crippen LogP contribution in [0, 0.1) is 11.6 Å². The van der Waals surface area contributed by atoms with Crippen LogP contribution in [0.25, 0.3) is 0 Å². The maximum absolute atomic E-state index is 13.1. The average Bonchev–Trinajstić information content (AvgIpc) is 2.16. The molecule has 0 saturated carbocycles. The van der Waals surface area contributed by atoms with Crippen LogP contribution >= 0.6 is 0 Å². The molecule has 0 unspecified atom stereocenters. The van der Waals surface area contributed by atoms with Crippen LogP contribution in [0.3, 0.4) is 0 Å². The Kier molecular flexibility index (Phi) is 3.17. The summed E-state index contributed by atoms with van der Waals surface area (Å²) in [6, 6.07) is 1.96. The number of hydrogen-bond acceptors (Lipinski definition) is 2. The van der Waals surface area contributed by atoms with E-state index in [1.807, 2.05) is 0 Å². The van der Waals surface area contributed by atoms with E-state index in [9.17, 15) is 13.6 Å². The van der Waals surface area contributed by atoms with Crippen molar-refractivity contribution in [3.8, 4) is 5.75 Å². The Hall–Kier alpha value is -1.45. The van der Waals surface area contributed by atoms with Crippen LogP contribution in [-0.2, 0) is 0 Å². The standard InChI is InChI=1S/C10H10F2O2/c1-3-9(13)6-4-7(11)10(14-2)8(12)5-6/h4-5H,3H2,1-2H3. The van der Waals surface area contributed by atoms with Gasteiger partial charge in [-0.2, -0.15) is 0 Å². The van der Waals surface area contributed by atoms with Crippen LogP contribution in [-0.4, -0.2) is 12.9 Å². The maximum atomic E-state index is 13.1. The number of ether oxygens (including phenoxy) is 1. The topological polar surface area (TPSA) is 26.3 Å². The summed E-state index contributed by atoms with van der Waals surface area (Å²) >= 11 is 0. The predicted molar refractivity (Wildman–Crippen MR) is 47.5 cm³/mol. The van der Waals surface area contributed by atoms with Gasteiger partial charge in [0.15, 0.2) is 23.2 Å². The van der Waals surface area contributed by atoms with Gasteiger partial charge in [-0.1, -0.05) is 6.92 Å². The van der Waals surface area contributed by atoms with Gasteiger partial charge >= 0.3 is 0 Å². The van der Waals surface area contributed by atoms with Crippen molar-refractivity contribution in [1.29, 1.82) is 0 Å². The van der Waals surface area contributed by atoms with Gasteiger partial charge in [-0.25, -0.2) is 8.78 Å². The van der Waals surface area contributed by atoms with E-state index in [4.69, 9.17) is 0 Å². The van der Waals surface area contributed by atoms with Gasteiger partial charge < -0.3 is 4.74 Å². The van der Waals surface area contributed by atoms with E-state index >= 15 is 0 Å². The number of halogens is 2. The number of ketones is 1. The molecular formula is C10H10F2O2. The third kappa shape index (κ3) is 1.89. The zero-order chi connectivity index (χ0) is 10.7. The molecule has 0 spiro atoms. The summed E-state index contributed by atoms with van der Waals surface area (Å²) in [6.07, 6.45) is 0.214. The summed E-state index contributed by atoms with van der Waals surface area (Å²) in [7, 11) is 1.17. The first kappa shape index (κ1) is 10.6. The number of hydrogen-bond donors (Lipinski definition) is 0. The molecule has 0 saturated heterocycles. The second-order valence-corrected chi connectivity index (χ2v) is 2.75. The van der Waals surface area contributed by atoms with E-state index in [2.05, 4.69) is 4.74 Å². The Labute approximate surface area is 80.5 Å². The number of carbonyl (C=O) groups is 1. The van der Waals surface area contributed by atoms with Gasteiger partial charge in [0.2, 0.25) is 0 Å². The van der Waals surface area contributed by atoms with Crippen molar-refractivity contribution in [1.82, 2.24) is 0 Å². The normalized spacial score (nSPS) is 10.0. The van der Waals surface area contributed by atoms with Crippen LogP contribution < -0.4 is 4.74 Å². The second-order valence-electron chi connectivity index (χ2n) is 2.75. The Bertz CT molecular complexity index is 338. The number of Topliss-reactive ketones (excluding diaryl/α,β-unsaturated/α-hetero) is 1. The van der Waals surface area contributed by atoms with Crippen LogP contribution in [0.15, 0.2) is 12.1 Å². The van der Waals surface area contributed by atoms with Crippen LogP contribution in [0.4, 0.5) is 8.78 Å². The molecule has 0 aromatic heterocycles. The molecule has 76 valence electrons. The Morgan fingerprint density at radius 2 is 1.86 bits per heavy atom. The lowest BCUT2D eigenvalue weighted by atomic mass is 10.1. The largest absolute Gasteiger partial charge is 0.491 e. The third-order valence-electron chi connectivity index (χ3n) is 1.85. The third-order valence-corrected chi connectivity index (χ3v) is 1.85. The van der Waals surface area contributed by atoms with Crippen molar-refractivity contribution >= 4 is 5.78 Å². The van der Waals surface area contributed by atoms with Crippen molar-refractivity contribution < 1.29 is 18.3 Å². The lowest BCUT2D eigenvalue weighted by Crippen LogP contribution is -2.01. The molecule has 14 heavy (non-hydrogen) atoms. The van der Waals surface area contributed by atoms with Gasteiger partial charge in [-0.3, -0.25) is 4.79 Å². The van der Waals surface area contributed by atoms with Gasteiger partial charge in [0.25, 0.3) is 0 Å². The lowest BCUT2D eigenvalue weighted by Gasteiger charge is -2.05. The summed E-state index contributed by atoms with van der Waals surface area (Å²) in [5.74, 6) is -2.48. The SMILES string of the molecule is CCC(=O)c1cc(F)c(OC)c(F)c1. The summed E-state index contributed by atoms with van der Waals surface area (Å²) in [5, 5.41) is 0. The van der Waals surface area contributed by atoms with E-state index in [-0.39, 0.29) is 17.8 Å². The Morgan fingerprint density at radius 1 is 1.36 bits per heavy atom. The summed E-state index contributed by atoms with van der Waals surface area (Å²) in [6.45, 7) is 1.63. The molecule has 0 fully saturated rings. The minimum atomic E-state index is -0.857. The van der Waals surface area contributed by atoms with Crippen LogP contribution in [0.2, 0.25) is 0 Å². The molecule has 0 aliphatic rings. The van der Waals surface area contributed by atoms with Crippen LogP contribution in [0.5, 0.6) is 5.75 Å². The molecular weight excluding hydrogens is 190 g/mol. The highest BCUT2D eigenvalue weighted by Crippen LogP contribution is 2.23. The molecule has 1 aromatic rings. The maximum Gasteiger partial charge on any atom is 0.190 e. The van der Waals surface area contributed by atoms with Crippen molar-refractivity contribution in [2.45, 2.75) is 13.3 Å². The highest BCUT2D eigenvalue weighted by atomic mass is 19.1. The van der Waals surface area contributed by atoms with Crippen molar-refractivity contribution in [3.63, 3.8) is 0 Å². The number of methoxy groups -OCH3 is 1. The van der Waals surface area contributed by atoms with E-state index in [0.717, 1.165) is 12.1 Å². The van der Waals surface area contributed by atoms with Crippen molar-refractivity contribution in [2.24, 2.45) is 0 Å². The second kappa shape index (κ2) is 4.17. The highest BCUT2D eigenvalue weighted by molar-refractivity contribution is 5.96. The fraction of sp³-hybridized carbons (Fsp3) is 0.300. The minimum absolute atomic E-state index is 0.0308. The Balaban J connectivity index is 3.20. The fourth-order valence-corrected chi connectivity index (χ4v) is 1.12. The van der Waals surface area contributed by atoms with E-state index in [1.165, 1.54) is 7.11 Å². The first-order valence-corrected chi connectivity index (χ1v) is 4.16. The lowest BCUT2D eigenvalue weighted by molar-refractivity contribution is 0.0987. The molecule has 0 bridgehead atoms. The van der Waals surface area contributed by atoms with E-state index < -0.39 is 17.4 Å². The molecule has 0 amide bonds. The first-order chi connectivity index (χ1) is 6.60. The number of carbonyl (C=O) groups excluding carboxylic acids is 1. The molecule has 0 radical (unpaired) electrons. The van der Waals surface area contributed by atoms with E-state index in [0.29, 0.717) is 0 Å². The van der Waals surface area contributed by atoms with Gasteiger partial charge in [-0.15, -0.1) is 0 Å². The fourth-order valence-electron chi connectivity index (χ4n) is 1.12. The highest BCUT2D eigenvalue weighted by Gasteiger charge is 2.14. The van der Waals surface area contributed by atoms with Gasteiger partial charge in [0, 0.05) is 12.0 Å².